The second-order valence-corrected chi connectivity index (χ2v) is 10.1. The van der Waals surface area contributed by atoms with E-state index < -0.39 is 6.04 Å². The standard InChI is InChI=1S/C20H25N5O2S2/c1-5-13(16(26)22-20-24-23-17(29-20)10(2)3)25-9-21-18-15(19(25)27)12-7-6-11(4)8-14(12)28-18/h9-11,13H,5-8H2,1-4H3,(H,22,24,26). The van der Waals surface area contributed by atoms with E-state index >= 15 is 0 Å². The minimum absolute atomic E-state index is 0.121. The fourth-order valence-corrected chi connectivity index (χ4v) is 5.87. The molecule has 1 aliphatic carbocycles. The summed E-state index contributed by atoms with van der Waals surface area (Å²) >= 11 is 2.98. The molecule has 1 N–H and O–H groups in total. The van der Waals surface area contributed by atoms with Gasteiger partial charge in [0.1, 0.15) is 15.9 Å². The maximum atomic E-state index is 13.3. The monoisotopic (exact) mass is 431 g/mol. The summed E-state index contributed by atoms with van der Waals surface area (Å²) in [6.45, 7) is 8.20. The lowest BCUT2D eigenvalue weighted by molar-refractivity contribution is -0.119. The molecular formula is C20H25N5O2S2. The molecule has 2 atom stereocenters. The zero-order valence-electron chi connectivity index (χ0n) is 17.1. The Morgan fingerprint density at radius 3 is 2.83 bits per heavy atom. The van der Waals surface area contributed by atoms with Gasteiger partial charge in [-0.15, -0.1) is 21.5 Å². The molecule has 0 bridgehead atoms. The van der Waals surface area contributed by atoms with Crippen molar-refractivity contribution < 1.29 is 4.79 Å². The van der Waals surface area contributed by atoms with Gasteiger partial charge in [0.05, 0.1) is 11.7 Å². The predicted molar refractivity (Wildman–Crippen MR) is 117 cm³/mol. The molecule has 2 unspecified atom stereocenters. The molecule has 1 aliphatic rings. The number of anilines is 1. The van der Waals surface area contributed by atoms with Crippen LogP contribution in [-0.4, -0.2) is 25.7 Å². The average Bonchev–Trinajstić information content (AvgIpc) is 3.28. The number of nitrogens with zero attached hydrogens (tertiary/aromatic N) is 4. The topological polar surface area (TPSA) is 89.8 Å². The third kappa shape index (κ3) is 3.73. The number of hydrogen-bond acceptors (Lipinski definition) is 7. The summed E-state index contributed by atoms with van der Waals surface area (Å²) < 4.78 is 1.48. The summed E-state index contributed by atoms with van der Waals surface area (Å²) in [5.41, 5.74) is 1.01. The Morgan fingerprint density at radius 1 is 1.34 bits per heavy atom. The highest BCUT2D eigenvalue weighted by Gasteiger charge is 2.27. The van der Waals surface area contributed by atoms with E-state index in [9.17, 15) is 9.59 Å². The molecule has 4 rings (SSSR count). The van der Waals surface area contributed by atoms with Crippen molar-refractivity contribution in [2.24, 2.45) is 5.92 Å². The van der Waals surface area contributed by atoms with Crippen LogP contribution < -0.4 is 10.9 Å². The molecule has 3 heterocycles. The summed E-state index contributed by atoms with van der Waals surface area (Å²) in [4.78, 5) is 32.8. The van der Waals surface area contributed by atoms with Gasteiger partial charge in [0, 0.05) is 10.8 Å². The fourth-order valence-electron chi connectivity index (χ4n) is 3.78. The van der Waals surface area contributed by atoms with Crippen molar-refractivity contribution in [2.45, 2.75) is 65.3 Å². The Balaban J connectivity index is 1.67. The first-order valence-corrected chi connectivity index (χ1v) is 11.7. The summed E-state index contributed by atoms with van der Waals surface area (Å²) in [5, 5.41) is 13.0. The first-order valence-electron chi connectivity index (χ1n) is 10.0. The molecule has 3 aromatic rings. The van der Waals surface area contributed by atoms with E-state index in [1.165, 1.54) is 27.1 Å². The smallest absolute Gasteiger partial charge is 0.263 e. The van der Waals surface area contributed by atoms with E-state index in [0.717, 1.165) is 34.7 Å². The van der Waals surface area contributed by atoms with Crippen molar-refractivity contribution in [3.05, 3.63) is 32.1 Å². The van der Waals surface area contributed by atoms with E-state index in [-0.39, 0.29) is 17.4 Å². The molecule has 0 aliphatic heterocycles. The molecule has 0 aromatic carbocycles. The molecule has 0 saturated carbocycles. The molecule has 29 heavy (non-hydrogen) atoms. The lowest BCUT2D eigenvalue weighted by Gasteiger charge is -2.18. The van der Waals surface area contributed by atoms with Gasteiger partial charge < -0.3 is 0 Å². The first kappa shape index (κ1) is 20.2. The highest BCUT2D eigenvalue weighted by Crippen LogP contribution is 2.35. The Hall–Kier alpha value is -2.13. The first-order chi connectivity index (χ1) is 13.9. The van der Waals surface area contributed by atoms with E-state index in [1.807, 2.05) is 20.8 Å². The van der Waals surface area contributed by atoms with Crippen molar-refractivity contribution in [3.63, 3.8) is 0 Å². The van der Waals surface area contributed by atoms with Crippen LogP contribution in [0.3, 0.4) is 0 Å². The molecule has 7 nitrogen and oxygen atoms in total. The van der Waals surface area contributed by atoms with E-state index in [2.05, 4.69) is 27.4 Å². The number of aryl methyl sites for hydroxylation is 1. The molecule has 154 valence electrons. The summed E-state index contributed by atoms with van der Waals surface area (Å²) in [7, 11) is 0. The molecule has 0 spiro atoms. The van der Waals surface area contributed by atoms with Crippen molar-refractivity contribution in [1.29, 1.82) is 0 Å². The maximum absolute atomic E-state index is 13.3. The van der Waals surface area contributed by atoms with Crippen LogP contribution in [0, 0.1) is 5.92 Å². The number of thiophene rings is 1. The minimum Gasteiger partial charge on any atom is -0.299 e. The van der Waals surface area contributed by atoms with Gasteiger partial charge in [-0.1, -0.05) is 39.0 Å². The van der Waals surface area contributed by atoms with Gasteiger partial charge in [0.25, 0.3) is 5.56 Å². The van der Waals surface area contributed by atoms with Crippen LogP contribution in [0.2, 0.25) is 0 Å². The van der Waals surface area contributed by atoms with E-state index in [4.69, 9.17) is 0 Å². The Labute approximate surface area is 177 Å². The fraction of sp³-hybridized carbons (Fsp3) is 0.550. The number of fused-ring (bicyclic) bond motifs is 3. The second kappa shape index (κ2) is 7.95. The van der Waals surface area contributed by atoms with Gasteiger partial charge in [-0.05, 0) is 37.2 Å². The highest BCUT2D eigenvalue weighted by atomic mass is 32.1. The molecule has 0 fully saturated rings. The number of rotatable bonds is 5. The highest BCUT2D eigenvalue weighted by molar-refractivity contribution is 7.18. The van der Waals surface area contributed by atoms with Crippen LogP contribution in [0.25, 0.3) is 10.2 Å². The molecule has 0 saturated heterocycles. The zero-order chi connectivity index (χ0) is 20.7. The van der Waals surface area contributed by atoms with Gasteiger partial charge >= 0.3 is 0 Å². The summed E-state index contributed by atoms with van der Waals surface area (Å²) in [6.07, 6.45) is 4.99. The van der Waals surface area contributed by atoms with Crippen molar-refractivity contribution >= 4 is 43.9 Å². The van der Waals surface area contributed by atoms with Gasteiger partial charge in [-0.2, -0.15) is 0 Å². The van der Waals surface area contributed by atoms with Crippen LogP contribution >= 0.6 is 22.7 Å². The quantitative estimate of drug-likeness (QED) is 0.655. The third-order valence-corrected chi connectivity index (χ3v) is 7.73. The number of hydrogen-bond donors (Lipinski definition) is 1. The average molecular weight is 432 g/mol. The Morgan fingerprint density at radius 2 is 2.14 bits per heavy atom. The number of carbonyl (C=O) groups excluding carboxylic acids is 1. The SMILES string of the molecule is CCC(C(=O)Nc1nnc(C(C)C)s1)n1cnc2sc3c(c2c1=O)CCC(C)C3. The molecule has 0 radical (unpaired) electrons. The van der Waals surface area contributed by atoms with Crippen molar-refractivity contribution in [3.8, 4) is 0 Å². The Kier molecular flexibility index (Phi) is 5.52. The molecular weight excluding hydrogens is 406 g/mol. The Bertz CT molecular complexity index is 1110. The van der Waals surface area contributed by atoms with Crippen molar-refractivity contribution in [2.75, 3.05) is 5.32 Å². The normalized spacial score (nSPS) is 17.5. The van der Waals surface area contributed by atoms with E-state index in [1.54, 1.807) is 11.3 Å². The van der Waals surface area contributed by atoms with Crippen LogP contribution in [0.15, 0.2) is 11.1 Å². The third-order valence-electron chi connectivity index (χ3n) is 5.43. The number of amides is 1. The summed E-state index contributed by atoms with van der Waals surface area (Å²) in [5.74, 6) is 0.622. The maximum Gasteiger partial charge on any atom is 0.263 e. The van der Waals surface area contributed by atoms with Crippen LogP contribution in [-0.2, 0) is 17.6 Å². The number of aromatic nitrogens is 4. The van der Waals surface area contributed by atoms with E-state index in [0.29, 0.717) is 22.9 Å². The molecule has 9 heteroatoms. The number of carbonyl (C=O) groups is 1. The van der Waals surface area contributed by atoms with Gasteiger partial charge in [-0.3, -0.25) is 19.5 Å². The van der Waals surface area contributed by atoms with Gasteiger partial charge in [0.2, 0.25) is 11.0 Å². The minimum atomic E-state index is -0.635. The molecule has 3 aromatic heterocycles. The lowest BCUT2D eigenvalue weighted by atomic mass is 9.89. The van der Waals surface area contributed by atoms with Crippen molar-refractivity contribution in [1.82, 2.24) is 19.7 Å². The van der Waals surface area contributed by atoms with Gasteiger partial charge in [-0.25, -0.2) is 4.98 Å². The largest absolute Gasteiger partial charge is 0.299 e. The lowest BCUT2D eigenvalue weighted by Crippen LogP contribution is -2.33. The van der Waals surface area contributed by atoms with Crippen LogP contribution in [0.4, 0.5) is 5.13 Å². The predicted octanol–water partition coefficient (Wildman–Crippen LogP) is 4.15. The second-order valence-electron chi connectivity index (χ2n) is 8.00. The zero-order valence-corrected chi connectivity index (χ0v) is 18.7. The number of nitrogens with one attached hydrogen (secondary N) is 1. The van der Waals surface area contributed by atoms with Crippen LogP contribution in [0.1, 0.15) is 67.9 Å². The summed E-state index contributed by atoms with van der Waals surface area (Å²) in [6, 6.07) is -0.635. The van der Waals surface area contributed by atoms with Gasteiger partial charge in [0.15, 0.2) is 0 Å². The molecule has 1 amide bonds. The van der Waals surface area contributed by atoms with Crippen LogP contribution in [0.5, 0.6) is 0 Å².